The molecule has 430 valence electrons. The molecule has 6 amide bonds. The van der Waals surface area contributed by atoms with Crippen LogP contribution in [0.1, 0.15) is 66.3 Å². The van der Waals surface area contributed by atoms with E-state index in [2.05, 4.69) is 31.6 Å². The Kier molecular flexibility index (Phi) is 20.2. The number of aromatic amines is 1. The van der Waals surface area contributed by atoms with Crippen LogP contribution < -0.4 is 37.1 Å². The van der Waals surface area contributed by atoms with E-state index >= 15 is 28.8 Å². The molecule has 3 fully saturated rings. The van der Waals surface area contributed by atoms with Crippen molar-refractivity contribution in [3.8, 4) is 5.75 Å². The Labute approximate surface area is 478 Å². The summed E-state index contributed by atoms with van der Waals surface area (Å²) in [5, 5.41) is 16.0. The molecule has 0 saturated carbocycles. The summed E-state index contributed by atoms with van der Waals surface area (Å²) in [4.78, 5) is 111. The van der Waals surface area contributed by atoms with Gasteiger partial charge in [0.2, 0.25) is 29.5 Å². The Morgan fingerprint density at radius 3 is 2.01 bits per heavy atom. The van der Waals surface area contributed by atoms with Gasteiger partial charge in [-0.15, -0.1) is 0 Å². The Balaban J connectivity index is 1.12. The number of aromatic nitrogens is 1. The zero-order valence-electron chi connectivity index (χ0n) is 46.4. The predicted octanol–water partition coefficient (Wildman–Crippen LogP) is 5.32. The molecule has 9 rings (SSSR count). The summed E-state index contributed by atoms with van der Waals surface area (Å²) >= 11 is 0. The Hall–Kier alpha value is -8.35. The molecule has 0 radical (unpaired) electrons. The van der Waals surface area contributed by atoms with Gasteiger partial charge in [0.25, 0.3) is 0 Å². The minimum atomic E-state index is -1.29. The minimum absolute atomic E-state index is 0.000325. The van der Waals surface area contributed by atoms with Gasteiger partial charge in [0.05, 0.1) is 12.6 Å². The number of piperidine rings is 1. The van der Waals surface area contributed by atoms with E-state index in [1.165, 1.54) is 16.8 Å². The highest BCUT2D eigenvalue weighted by Gasteiger charge is 2.46. The van der Waals surface area contributed by atoms with Gasteiger partial charge in [0.1, 0.15) is 42.6 Å². The van der Waals surface area contributed by atoms with Crippen molar-refractivity contribution in [2.45, 2.75) is 107 Å². The number of H-pyrrole nitrogens is 1. The lowest BCUT2D eigenvalue weighted by atomic mass is 9.83. The molecule has 7 atom stereocenters. The number of fused-ring (bicyclic) bond motifs is 2. The van der Waals surface area contributed by atoms with Crippen LogP contribution in [0.25, 0.3) is 10.9 Å². The fourth-order valence-corrected chi connectivity index (χ4v) is 11.5. The Morgan fingerprint density at radius 2 is 1.30 bits per heavy atom. The normalized spacial score (nSPS) is 22.6. The van der Waals surface area contributed by atoms with Crippen LogP contribution in [0.2, 0.25) is 0 Å². The number of likely N-dealkylation sites (N-methyl/N-ethyl adjacent to an activating group) is 1. The van der Waals surface area contributed by atoms with Gasteiger partial charge >= 0.3 is 6.09 Å². The first-order valence-electron chi connectivity index (χ1n) is 28.6. The maximum atomic E-state index is 15.7. The molecule has 8 N–H and O–H groups in total. The summed E-state index contributed by atoms with van der Waals surface area (Å²) in [5.41, 5.74) is 10.6. The van der Waals surface area contributed by atoms with Gasteiger partial charge in [-0.25, -0.2) is 4.79 Å². The molecule has 18 nitrogen and oxygen atoms in total. The Bertz CT molecular complexity index is 3120. The van der Waals surface area contributed by atoms with Crippen molar-refractivity contribution in [2.24, 2.45) is 17.6 Å². The highest BCUT2D eigenvalue weighted by molar-refractivity contribution is 5.99. The van der Waals surface area contributed by atoms with Crippen LogP contribution in [0.5, 0.6) is 5.75 Å². The second-order valence-electron chi connectivity index (χ2n) is 21.8. The van der Waals surface area contributed by atoms with E-state index in [1.54, 1.807) is 12.1 Å². The second-order valence-corrected chi connectivity index (χ2v) is 21.8. The number of ether oxygens (including phenoxy) is 2. The lowest BCUT2D eigenvalue weighted by molar-refractivity contribution is -0.149. The lowest BCUT2D eigenvalue weighted by Crippen LogP contribution is -2.60. The average Bonchev–Trinajstić information content (AvgIpc) is 4.30. The minimum Gasteiger partial charge on any atom is -0.489 e. The molecule has 1 aromatic heterocycles. The average molecular weight is 1110 g/mol. The van der Waals surface area contributed by atoms with Crippen LogP contribution in [0.4, 0.5) is 4.79 Å². The van der Waals surface area contributed by atoms with Gasteiger partial charge in [0, 0.05) is 75.3 Å². The van der Waals surface area contributed by atoms with Crippen LogP contribution in [-0.4, -0.2) is 132 Å². The third kappa shape index (κ3) is 15.6. The zero-order chi connectivity index (χ0) is 57.4. The number of para-hydroxylation sites is 1. The van der Waals surface area contributed by atoms with Gasteiger partial charge < -0.3 is 56.6 Å². The van der Waals surface area contributed by atoms with Crippen LogP contribution >= 0.6 is 0 Å². The molecule has 0 unspecified atom stereocenters. The van der Waals surface area contributed by atoms with Gasteiger partial charge in [0.15, 0.2) is 5.78 Å². The third-order valence-electron chi connectivity index (χ3n) is 16.0. The number of hydrogen-bond donors (Lipinski definition) is 7. The molecule has 3 saturated heterocycles. The molecule has 6 aromatic rings. The highest BCUT2D eigenvalue weighted by atomic mass is 16.6. The van der Waals surface area contributed by atoms with Crippen molar-refractivity contribution < 1.29 is 43.0 Å². The van der Waals surface area contributed by atoms with Gasteiger partial charge in [-0.3, -0.25) is 28.8 Å². The fourth-order valence-electron chi connectivity index (χ4n) is 11.5. The first-order chi connectivity index (χ1) is 39.9. The number of nitrogens with zero attached hydrogens (tertiary/aromatic N) is 2. The molecule has 82 heavy (non-hydrogen) atoms. The van der Waals surface area contributed by atoms with E-state index in [4.69, 9.17) is 15.2 Å². The summed E-state index contributed by atoms with van der Waals surface area (Å²) in [6, 6.07) is 37.1. The van der Waals surface area contributed by atoms with E-state index < -0.39 is 83.6 Å². The molecule has 3 aliphatic heterocycles. The van der Waals surface area contributed by atoms with Crippen LogP contribution in [0.3, 0.4) is 0 Å². The summed E-state index contributed by atoms with van der Waals surface area (Å²) in [6.07, 6.45) is 2.05. The maximum Gasteiger partial charge on any atom is 0.407 e. The van der Waals surface area contributed by atoms with Crippen molar-refractivity contribution in [3.05, 3.63) is 174 Å². The Morgan fingerprint density at radius 1 is 0.671 bits per heavy atom. The standard InChI is InChI=1S/C64H75N9O9/c1-72-57(35-43-15-7-3-8-16-43)63(79)73-40-50(82-64(80)67-32-29-65)38-56(73)61(77)69-53(26-23-42-13-5-2-6-14-42)60(76)70-54(36-48-39-68-52-20-12-11-19-51(48)52)58(74)37-47(33-45-27-30-66-31-28-45)59(75)71-55(62(72)78)34-44-21-24-49(25-22-44)81-41-46-17-9-4-10-18-46/h2-22,24-25,39,45,47,50,53-57,66,68H,23,26-38,40-41,65H2,1H3,(H,67,80)(H,69,77)(H,70,76)(H,71,75)/t47-,50-,53+,54-,55+,56+,57+/m1/s1. The van der Waals surface area contributed by atoms with Crippen molar-refractivity contribution >= 4 is 52.3 Å². The summed E-state index contributed by atoms with van der Waals surface area (Å²) in [6.45, 7) is 1.86. The van der Waals surface area contributed by atoms with Gasteiger partial charge in [-0.2, -0.15) is 0 Å². The quantitative estimate of drug-likeness (QED) is 0.0616. The van der Waals surface area contributed by atoms with E-state index in [-0.39, 0.29) is 64.1 Å². The van der Waals surface area contributed by atoms with E-state index in [1.807, 2.05) is 134 Å². The number of amides is 6. The number of benzene rings is 5. The van der Waals surface area contributed by atoms with Crippen LogP contribution in [-0.2, 0) is 65.8 Å². The van der Waals surface area contributed by atoms with Crippen molar-refractivity contribution in [3.63, 3.8) is 0 Å². The second kappa shape index (κ2) is 28.4. The SMILES string of the molecule is CN1C(=O)[C@H](Cc2ccc(OCc3ccccc3)cc2)NC(=O)[C@H](CC2CCNCC2)CC(=O)[C@@H](Cc2c[nH]c3ccccc23)NC(=O)[C@H](CCc2ccccc2)NC(=O)[C@@H]2C[C@@H](OC(=O)NCCN)CN2C(=O)[C@@H]1Cc1ccccc1. The van der Waals surface area contributed by atoms with Gasteiger partial charge in [-0.05, 0) is 97.1 Å². The molecule has 4 heterocycles. The highest BCUT2D eigenvalue weighted by Crippen LogP contribution is 2.29. The molecule has 18 heteroatoms. The number of rotatable bonds is 17. The topological polar surface area (TPSA) is 246 Å². The first kappa shape index (κ1) is 58.3. The van der Waals surface area contributed by atoms with Crippen molar-refractivity contribution in [2.75, 3.05) is 39.8 Å². The monoisotopic (exact) mass is 1110 g/mol. The summed E-state index contributed by atoms with van der Waals surface area (Å²) in [5.74, 6) is -3.67. The summed E-state index contributed by atoms with van der Waals surface area (Å²) < 4.78 is 11.9. The number of carbonyl (C=O) groups is 7. The van der Waals surface area contributed by atoms with E-state index in [0.29, 0.717) is 36.3 Å². The lowest BCUT2D eigenvalue weighted by Gasteiger charge is -2.36. The molecule has 3 aliphatic rings. The third-order valence-corrected chi connectivity index (χ3v) is 16.0. The number of carbonyl (C=O) groups excluding carboxylic acids is 7. The van der Waals surface area contributed by atoms with Crippen molar-refractivity contribution in [1.82, 2.24) is 41.4 Å². The predicted molar refractivity (Wildman–Crippen MR) is 311 cm³/mol. The first-order valence-corrected chi connectivity index (χ1v) is 28.6. The van der Waals surface area contributed by atoms with Crippen LogP contribution in [0.15, 0.2) is 146 Å². The summed E-state index contributed by atoms with van der Waals surface area (Å²) in [7, 11) is 1.51. The smallest absolute Gasteiger partial charge is 0.407 e. The number of Topliss-reactive ketones (excluding diaryl/α,β-unsaturated/α-hetero) is 1. The van der Waals surface area contributed by atoms with Crippen LogP contribution in [0, 0.1) is 11.8 Å². The number of alkyl carbamates (subject to hydrolysis) is 1. The molecule has 0 bridgehead atoms. The van der Waals surface area contributed by atoms with E-state index in [0.717, 1.165) is 53.5 Å². The van der Waals surface area contributed by atoms with Crippen molar-refractivity contribution in [1.29, 1.82) is 0 Å². The number of aryl methyl sites for hydroxylation is 1. The number of nitrogens with one attached hydrogen (secondary N) is 6. The molecular weight excluding hydrogens is 1040 g/mol. The van der Waals surface area contributed by atoms with E-state index in [9.17, 15) is 4.79 Å². The number of ketones is 1. The zero-order valence-corrected chi connectivity index (χ0v) is 46.4. The number of hydrogen-bond acceptors (Lipinski definition) is 11. The maximum absolute atomic E-state index is 15.7. The molecule has 0 aliphatic carbocycles. The fraction of sp³-hybridized carbons (Fsp3) is 0.391. The number of nitrogens with two attached hydrogens (primary N) is 1. The molecule has 0 spiro atoms. The van der Waals surface area contributed by atoms with Gasteiger partial charge in [-0.1, -0.05) is 121 Å². The molecular formula is C64H75N9O9. The largest absolute Gasteiger partial charge is 0.489 e. The molecule has 5 aromatic carbocycles.